The summed E-state index contributed by atoms with van der Waals surface area (Å²) in [5.41, 5.74) is 4.74. The van der Waals surface area contributed by atoms with E-state index < -0.39 is 24.5 Å². The molecule has 0 amide bonds. The maximum absolute atomic E-state index is 12.8. The molecular formula is C34H34O9. The van der Waals surface area contributed by atoms with Crippen molar-refractivity contribution < 1.29 is 43.2 Å². The number of carbonyl (C=O) groups excluding carboxylic acids is 3. The normalized spacial score (nSPS) is 12.8. The van der Waals surface area contributed by atoms with Gasteiger partial charge in [0.15, 0.2) is 0 Å². The summed E-state index contributed by atoms with van der Waals surface area (Å²) < 4.78 is 27.0. The number of rotatable bonds is 15. The zero-order valence-corrected chi connectivity index (χ0v) is 24.0. The number of hydrogen-bond acceptors (Lipinski definition) is 9. The zero-order chi connectivity index (χ0) is 30.8. The van der Waals surface area contributed by atoms with Gasteiger partial charge in [-0.05, 0) is 83.6 Å². The second-order valence-electron chi connectivity index (χ2n) is 9.81. The Morgan fingerprint density at radius 2 is 1.40 bits per heavy atom. The van der Waals surface area contributed by atoms with E-state index in [0.717, 1.165) is 40.5 Å². The highest BCUT2D eigenvalue weighted by atomic mass is 16.6. The molecular weight excluding hydrogens is 552 g/mol. The van der Waals surface area contributed by atoms with E-state index in [9.17, 15) is 14.4 Å². The van der Waals surface area contributed by atoms with Crippen molar-refractivity contribution in [2.24, 2.45) is 0 Å². The molecule has 0 spiro atoms. The van der Waals surface area contributed by atoms with Gasteiger partial charge in [0.25, 0.3) is 0 Å². The summed E-state index contributed by atoms with van der Waals surface area (Å²) in [5, 5.41) is 8.88. The quantitative estimate of drug-likeness (QED) is 0.108. The number of fused-ring (bicyclic) bond motifs is 3. The van der Waals surface area contributed by atoms with E-state index in [0.29, 0.717) is 36.7 Å². The van der Waals surface area contributed by atoms with E-state index in [2.05, 4.69) is 20.1 Å². The molecule has 43 heavy (non-hydrogen) atoms. The molecule has 1 aliphatic carbocycles. The van der Waals surface area contributed by atoms with Crippen molar-refractivity contribution in [1.82, 2.24) is 0 Å². The summed E-state index contributed by atoms with van der Waals surface area (Å²) in [6.45, 7) is 9.35. The van der Waals surface area contributed by atoms with Crippen LogP contribution in [0.25, 0.3) is 11.1 Å². The fourth-order valence-electron chi connectivity index (χ4n) is 4.55. The van der Waals surface area contributed by atoms with Crippen molar-refractivity contribution in [2.45, 2.75) is 25.7 Å². The number of ether oxygens (including phenoxy) is 5. The van der Waals surface area contributed by atoms with Gasteiger partial charge in [-0.3, -0.25) is 0 Å². The molecule has 0 aromatic heterocycles. The SMILES string of the molecule is C=CC(=O)OCCCCOc1ccc2c(c1)C(C)c1cc(OC(=O)c3ccc(OCCOC(=O)C(=C)CO)cc3)ccc1-2. The molecule has 0 heterocycles. The molecule has 1 unspecified atom stereocenters. The average molecular weight is 587 g/mol. The Bertz CT molecular complexity index is 1490. The highest BCUT2D eigenvalue weighted by molar-refractivity contribution is 5.91. The van der Waals surface area contributed by atoms with Crippen molar-refractivity contribution in [3.8, 4) is 28.4 Å². The van der Waals surface area contributed by atoms with Crippen LogP contribution in [-0.2, 0) is 19.1 Å². The first-order valence-electron chi connectivity index (χ1n) is 13.9. The lowest BCUT2D eigenvalue weighted by Gasteiger charge is -2.11. The fourth-order valence-corrected chi connectivity index (χ4v) is 4.55. The summed E-state index contributed by atoms with van der Waals surface area (Å²) in [7, 11) is 0. The molecule has 0 radical (unpaired) electrons. The van der Waals surface area contributed by atoms with E-state index in [-0.39, 0.29) is 24.7 Å². The highest BCUT2D eigenvalue weighted by Gasteiger charge is 2.27. The van der Waals surface area contributed by atoms with E-state index >= 15 is 0 Å². The first kappa shape index (κ1) is 31.1. The molecule has 0 bridgehead atoms. The van der Waals surface area contributed by atoms with Gasteiger partial charge in [-0.1, -0.05) is 32.2 Å². The first-order valence-corrected chi connectivity index (χ1v) is 13.9. The Labute approximate surface area is 250 Å². The Hall–Kier alpha value is -4.89. The lowest BCUT2D eigenvalue weighted by atomic mass is 9.99. The number of benzene rings is 3. The second-order valence-corrected chi connectivity index (χ2v) is 9.81. The van der Waals surface area contributed by atoms with Gasteiger partial charge in [-0.15, -0.1) is 0 Å². The smallest absolute Gasteiger partial charge is 0.343 e. The summed E-state index contributed by atoms with van der Waals surface area (Å²) >= 11 is 0. The first-order chi connectivity index (χ1) is 20.8. The van der Waals surface area contributed by atoms with Gasteiger partial charge in [0.05, 0.1) is 31.0 Å². The number of aliphatic hydroxyl groups excluding tert-OH is 1. The van der Waals surface area contributed by atoms with Crippen LogP contribution < -0.4 is 14.2 Å². The predicted octanol–water partition coefficient (Wildman–Crippen LogP) is 5.40. The van der Waals surface area contributed by atoms with Gasteiger partial charge in [0.2, 0.25) is 0 Å². The highest BCUT2D eigenvalue weighted by Crippen LogP contribution is 2.47. The van der Waals surface area contributed by atoms with Crippen molar-refractivity contribution >= 4 is 17.9 Å². The Balaban J connectivity index is 1.28. The number of unbranched alkanes of at least 4 members (excludes halogenated alkanes) is 1. The van der Waals surface area contributed by atoms with E-state index in [1.165, 1.54) is 0 Å². The molecule has 3 aromatic rings. The van der Waals surface area contributed by atoms with Crippen LogP contribution in [0.4, 0.5) is 0 Å². The molecule has 0 saturated heterocycles. The third kappa shape index (κ3) is 8.11. The molecule has 4 rings (SSSR count). The minimum atomic E-state index is -0.679. The van der Waals surface area contributed by atoms with Gasteiger partial charge in [0.1, 0.15) is 30.5 Å². The summed E-state index contributed by atoms with van der Waals surface area (Å²) in [5.74, 6) is 0.201. The largest absolute Gasteiger partial charge is 0.494 e. The standard InChI is InChI=1S/C34H34O9/c1-4-32(36)41-16-6-5-15-39-26-11-13-28-29-14-12-27(20-31(29)23(3)30(28)19-26)43-34(38)24-7-9-25(10-8-24)40-17-18-42-33(37)22(2)21-35/h4,7-14,19-20,23,35H,1-2,5-6,15-18,21H2,3H3. The monoisotopic (exact) mass is 586 g/mol. The van der Waals surface area contributed by atoms with Gasteiger partial charge in [-0.25, -0.2) is 14.4 Å². The number of hydrogen-bond donors (Lipinski definition) is 1. The average Bonchev–Trinajstić information content (AvgIpc) is 3.30. The Kier molecular flexibility index (Phi) is 10.7. The maximum atomic E-state index is 12.8. The van der Waals surface area contributed by atoms with Crippen molar-refractivity contribution in [1.29, 1.82) is 0 Å². The molecule has 0 fully saturated rings. The van der Waals surface area contributed by atoms with Crippen LogP contribution in [0.15, 0.2) is 85.5 Å². The molecule has 1 atom stereocenters. The minimum absolute atomic E-state index is 0.00675. The maximum Gasteiger partial charge on any atom is 0.343 e. The van der Waals surface area contributed by atoms with Crippen LogP contribution in [0.2, 0.25) is 0 Å². The molecule has 1 N–H and O–H groups in total. The third-order valence-electron chi connectivity index (χ3n) is 6.85. The van der Waals surface area contributed by atoms with Crippen LogP contribution in [0, 0.1) is 0 Å². The van der Waals surface area contributed by atoms with Crippen molar-refractivity contribution in [3.63, 3.8) is 0 Å². The van der Waals surface area contributed by atoms with Crippen LogP contribution >= 0.6 is 0 Å². The number of esters is 3. The molecule has 0 aliphatic heterocycles. The van der Waals surface area contributed by atoms with Gasteiger partial charge in [0, 0.05) is 12.0 Å². The van der Waals surface area contributed by atoms with E-state index in [1.54, 1.807) is 30.3 Å². The third-order valence-corrected chi connectivity index (χ3v) is 6.85. The molecule has 9 nitrogen and oxygen atoms in total. The number of aliphatic hydroxyl groups is 1. The fraction of sp³-hybridized carbons (Fsp3) is 0.265. The Morgan fingerprint density at radius 1 is 0.791 bits per heavy atom. The molecule has 0 saturated carbocycles. The lowest BCUT2D eigenvalue weighted by molar-refractivity contribution is -0.140. The van der Waals surface area contributed by atoms with Crippen LogP contribution in [-0.4, -0.2) is 56.0 Å². The van der Waals surface area contributed by atoms with Crippen molar-refractivity contribution in [3.05, 3.63) is 102 Å². The Morgan fingerprint density at radius 3 is 2.07 bits per heavy atom. The molecule has 9 heteroatoms. The zero-order valence-electron chi connectivity index (χ0n) is 24.0. The minimum Gasteiger partial charge on any atom is -0.494 e. The van der Waals surface area contributed by atoms with Crippen molar-refractivity contribution in [2.75, 3.05) is 33.0 Å². The van der Waals surface area contributed by atoms with Crippen LogP contribution in [0.5, 0.6) is 17.2 Å². The summed E-state index contributed by atoms with van der Waals surface area (Å²) in [6.07, 6.45) is 2.60. The molecule has 224 valence electrons. The van der Waals surface area contributed by atoms with Gasteiger partial charge >= 0.3 is 17.9 Å². The van der Waals surface area contributed by atoms with Gasteiger partial charge in [-0.2, -0.15) is 0 Å². The summed E-state index contributed by atoms with van der Waals surface area (Å²) in [4.78, 5) is 35.4. The van der Waals surface area contributed by atoms with E-state index in [1.807, 2.05) is 30.3 Å². The van der Waals surface area contributed by atoms with Crippen LogP contribution in [0.3, 0.4) is 0 Å². The van der Waals surface area contributed by atoms with Gasteiger partial charge < -0.3 is 28.8 Å². The lowest BCUT2D eigenvalue weighted by Crippen LogP contribution is -2.15. The summed E-state index contributed by atoms with van der Waals surface area (Å²) in [6, 6.07) is 18.1. The molecule has 1 aliphatic rings. The van der Waals surface area contributed by atoms with E-state index in [4.69, 9.17) is 28.8 Å². The predicted molar refractivity (Wildman–Crippen MR) is 159 cm³/mol. The molecule has 3 aromatic carbocycles. The number of carbonyl (C=O) groups is 3. The second kappa shape index (κ2) is 14.8. The topological polar surface area (TPSA) is 118 Å². The van der Waals surface area contributed by atoms with Crippen LogP contribution in [0.1, 0.15) is 47.2 Å².